The fourth-order valence-corrected chi connectivity index (χ4v) is 3.22. The van der Waals surface area contributed by atoms with E-state index in [0.29, 0.717) is 16.1 Å². The highest BCUT2D eigenvalue weighted by molar-refractivity contribution is 7.99. The standard InChI is InChI=1S/C20H20ClN3O2S/c1-14(7-8-15-5-3-2-4-6-15)22-18(25)13-27-20-24-23-19(26-20)16-9-11-17(21)12-10-16/h2-6,9-12,14H,7-8,13H2,1H3,(H,22,25)/t14-/m0/s1. The summed E-state index contributed by atoms with van der Waals surface area (Å²) in [7, 11) is 0. The van der Waals surface area contributed by atoms with Crippen molar-refractivity contribution in [2.24, 2.45) is 0 Å². The fourth-order valence-electron chi connectivity index (χ4n) is 2.52. The van der Waals surface area contributed by atoms with Crippen molar-refractivity contribution in [3.8, 4) is 11.5 Å². The predicted octanol–water partition coefficient (Wildman–Crippen LogP) is 4.62. The summed E-state index contributed by atoms with van der Waals surface area (Å²) in [6, 6.07) is 17.5. The summed E-state index contributed by atoms with van der Waals surface area (Å²) in [5.41, 5.74) is 2.06. The molecule has 0 spiro atoms. The third kappa shape index (κ3) is 6.12. The van der Waals surface area contributed by atoms with Crippen LogP contribution in [0.15, 0.2) is 64.2 Å². The van der Waals surface area contributed by atoms with Crippen LogP contribution in [-0.4, -0.2) is 27.9 Å². The second-order valence-electron chi connectivity index (χ2n) is 6.16. The Morgan fingerprint density at radius 1 is 1.15 bits per heavy atom. The Bertz CT molecular complexity index is 868. The number of hydrogen-bond donors (Lipinski definition) is 1. The Balaban J connectivity index is 1.43. The highest BCUT2D eigenvalue weighted by Gasteiger charge is 2.13. The van der Waals surface area contributed by atoms with E-state index in [9.17, 15) is 4.79 Å². The maximum absolute atomic E-state index is 12.1. The first kappa shape index (κ1) is 19.5. The van der Waals surface area contributed by atoms with Crippen LogP contribution in [0.5, 0.6) is 0 Å². The maximum Gasteiger partial charge on any atom is 0.277 e. The van der Waals surface area contributed by atoms with Gasteiger partial charge in [-0.2, -0.15) is 0 Å². The van der Waals surface area contributed by atoms with E-state index in [1.807, 2.05) is 37.3 Å². The molecule has 0 fully saturated rings. The van der Waals surface area contributed by atoms with Gasteiger partial charge in [-0.3, -0.25) is 4.79 Å². The second kappa shape index (κ2) is 9.58. The molecule has 0 unspecified atom stereocenters. The van der Waals surface area contributed by atoms with Gasteiger partial charge in [0.05, 0.1) is 5.75 Å². The third-order valence-corrected chi connectivity index (χ3v) is 5.01. The van der Waals surface area contributed by atoms with Gasteiger partial charge < -0.3 is 9.73 Å². The van der Waals surface area contributed by atoms with Crippen LogP contribution in [0, 0.1) is 0 Å². The summed E-state index contributed by atoms with van der Waals surface area (Å²) < 4.78 is 5.59. The Morgan fingerprint density at radius 2 is 1.89 bits per heavy atom. The molecule has 0 aliphatic carbocycles. The van der Waals surface area contributed by atoms with Crippen molar-refractivity contribution in [2.45, 2.75) is 31.0 Å². The van der Waals surface area contributed by atoms with Gasteiger partial charge in [0.15, 0.2) is 0 Å². The van der Waals surface area contributed by atoms with E-state index in [0.717, 1.165) is 18.4 Å². The molecule has 1 amide bonds. The molecule has 0 saturated carbocycles. The molecule has 2 aromatic carbocycles. The zero-order chi connectivity index (χ0) is 19.1. The minimum atomic E-state index is -0.0493. The van der Waals surface area contributed by atoms with E-state index >= 15 is 0 Å². The van der Waals surface area contributed by atoms with Crippen molar-refractivity contribution >= 4 is 29.3 Å². The minimum Gasteiger partial charge on any atom is -0.411 e. The molecule has 0 aliphatic rings. The fraction of sp³-hybridized carbons (Fsp3) is 0.250. The van der Waals surface area contributed by atoms with Gasteiger partial charge in [-0.1, -0.05) is 53.7 Å². The number of nitrogens with zero attached hydrogens (tertiary/aromatic N) is 2. The molecule has 1 atom stereocenters. The molecule has 3 aromatic rings. The van der Waals surface area contributed by atoms with Crippen LogP contribution in [0.2, 0.25) is 5.02 Å². The maximum atomic E-state index is 12.1. The number of aromatic nitrogens is 2. The molecular weight excluding hydrogens is 382 g/mol. The van der Waals surface area contributed by atoms with E-state index in [4.69, 9.17) is 16.0 Å². The first-order valence-electron chi connectivity index (χ1n) is 8.65. The van der Waals surface area contributed by atoms with Gasteiger partial charge in [0.2, 0.25) is 11.8 Å². The van der Waals surface area contributed by atoms with Crippen LogP contribution in [0.25, 0.3) is 11.5 Å². The molecule has 0 aliphatic heterocycles. The normalized spacial score (nSPS) is 11.9. The molecule has 7 heteroatoms. The molecule has 1 aromatic heterocycles. The Morgan fingerprint density at radius 3 is 2.63 bits per heavy atom. The molecular formula is C20H20ClN3O2S. The van der Waals surface area contributed by atoms with Gasteiger partial charge in [-0.05, 0) is 49.6 Å². The molecule has 0 radical (unpaired) electrons. The third-order valence-electron chi connectivity index (χ3n) is 3.94. The number of hydrogen-bond acceptors (Lipinski definition) is 5. The first-order chi connectivity index (χ1) is 13.1. The highest BCUT2D eigenvalue weighted by atomic mass is 35.5. The molecule has 140 valence electrons. The average molecular weight is 402 g/mol. The van der Waals surface area contributed by atoms with Gasteiger partial charge in [-0.25, -0.2) is 0 Å². The van der Waals surface area contributed by atoms with Crippen LogP contribution in [0.3, 0.4) is 0 Å². The second-order valence-corrected chi connectivity index (χ2v) is 7.52. The number of nitrogens with one attached hydrogen (secondary N) is 1. The van der Waals surface area contributed by atoms with Crippen LogP contribution in [0.1, 0.15) is 18.9 Å². The van der Waals surface area contributed by atoms with Crippen LogP contribution in [-0.2, 0) is 11.2 Å². The molecule has 1 N–H and O–H groups in total. The van der Waals surface area contributed by atoms with Crippen molar-refractivity contribution in [2.75, 3.05) is 5.75 Å². The summed E-state index contributed by atoms with van der Waals surface area (Å²) in [6.07, 6.45) is 1.82. The van der Waals surface area contributed by atoms with Gasteiger partial charge >= 0.3 is 0 Å². The summed E-state index contributed by atoms with van der Waals surface area (Å²) in [4.78, 5) is 12.1. The van der Waals surface area contributed by atoms with Crippen molar-refractivity contribution in [1.82, 2.24) is 15.5 Å². The lowest BCUT2D eigenvalue weighted by Gasteiger charge is -2.13. The van der Waals surface area contributed by atoms with Crippen LogP contribution >= 0.6 is 23.4 Å². The number of halogens is 1. The molecule has 1 heterocycles. The van der Waals surface area contributed by atoms with Crippen molar-refractivity contribution in [1.29, 1.82) is 0 Å². The number of benzene rings is 2. The summed E-state index contributed by atoms with van der Waals surface area (Å²) in [5, 5.41) is 12.0. The lowest BCUT2D eigenvalue weighted by molar-refractivity contribution is -0.119. The van der Waals surface area contributed by atoms with Gasteiger partial charge in [0, 0.05) is 16.6 Å². The monoisotopic (exact) mass is 401 g/mol. The number of rotatable bonds is 8. The number of thioether (sulfide) groups is 1. The SMILES string of the molecule is C[C@@H](CCc1ccccc1)NC(=O)CSc1nnc(-c2ccc(Cl)cc2)o1. The molecule has 5 nitrogen and oxygen atoms in total. The molecule has 3 rings (SSSR count). The summed E-state index contributed by atoms with van der Waals surface area (Å²) in [6.45, 7) is 2.01. The van der Waals surface area contributed by atoms with E-state index in [1.165, 1.54) is 17.3 Å². The van der Waals surface area contributed by atoms with Crippen molar-refractivity contribution < 1.29 is 9.21 Å². The molecule has 0 saturated heterocycles. The van der Waals surface area contributed by atoms with Crippen molar-refractivity contribution in [3.05, 3.63) is 65.2 Å². The zero-order valence-electron chi connectivity index (χ0n) is 14.9. The van der Waals surface area contributed by atoms with Gasteiger partial charge in [-0.15, -0.1) is 10.2 Å². The first-order valence-corrected chi connectivity index (χ1v) is 10.0. The Labute approximate surface area is 167 Å². The van der Waals surface area contributed by atoms with E-state index in [-0.39, 0.29) is 17.7 Å². The largest absolute Gasteiger partial charge is 0.411 e. The predicted molar refractivity (Wildman–Crippen MR) is 108 cm³/mol. The Hall–Kier alpha value is -2.31. The summed E-state index contributed by atoms with van der Waals surface area (Å²) >= 11 is 7.10. The van der Waals surface area contributed by atoms with Crippen LogP contribution < -0.4 is 5.32 Å². The molecule has 0 bridgehead atoms. The average Bonchev–Trinajstić information content (AvgIpc) is 3.15. The lowest BCUT2D eigenvalue weighted by Crippen LogP contribution is -2.34. The highest BCUT2D eigenvalue weighted by Crippen LogP contribution is 2.24. The van der Waals surface area contributed by atoms with E-state index in [2.05, 4.69) is 27.6 Å². The number of aryl methyl sites for hydroxylation is 1. The smallest absolute Gasteiger partial charge is 0.277 e. The van der Waals surface area contributed by atoms with E-state index in [1.54, 1.807) is 12.1 Å². The summed E-state index contributed by atoms with van der Waals surface area (Å²) in [5.74, 6) is 0.593. The van der Waals surface area contributed by atoms with Gasteiger partial charge in [0.1, 0.15) is 0 Å². The van der Waals surface area contributed by atoms with E-state index < -0.39 is 0 Å². The number of amides is 1. The quantitative estimate of drug-likeness (QED) is 0.558. The van der Waals surface area contributed by atoms with Gasteiger partial charge in [0.25, 0.3) is 5.22 Å². The lowest BCUT2D eigenvalue weighted by atomic mass is 10.1. The zero-order valence-corrected chi connectivity index (χ0v) is 16.5. The number of carbonyl (C=O) groups is 1. The Kier molecular flexibility index (Phi) is 6.90. The molecule has 27 heavy (non-hydrogen) atoms. The van der Waals surface area contributed by atoms with Crippen molar-refractivity contribution in [3.63, 3.8) is 0 Å². The topological polar surface area (TPSA) is 68.0 Å². The minimum absolute atomic E-state index is 0.0493. The van der Waals surface area contributed by atoms with Crippen LogP contribution in [0.4, 0.5) is 0 Å². The number of carbonyl (C=O) groups excluding carboxylic acids is 1.